The lowest BCUT2D eigenvalue weighted by molar-refractivity contribution is -0.142. The summed E-state index contributed by atoms with van der Waals surface area (Å²) in [5, 5.41) is 0.232. The van der Waals surface area contributed by atoms with Crippen LogP contribution in [-0.4, -0.2) is 27.5 Å². The highest BCUT2D eigenvalue weighted by Crippen LogP contribution is 2.22. The van der Waals surface area contributed by atoms with E-state index >= 15 is 0 Å². The van der Waals surface area contributed by atoms with E-state index in [0.717, 1.165) is 0 Å². The summed E-state index contributed by atoms with van der Waals surface area (Å²) in [4.78, 5) is 11.0. The SMILES string of the molecule is COC(=O)C(C)NS(=O)(=O)c1cc(Cl)ccc1N. The molecule has 0 saturated heterocycles. The number of rotatable bonds is 4. The standard InChI is InChI=1S/C10H13ClN2O4S/c1-6(10(14)17-2)13-18(15,16)9-5-7(11)3-4-8(9)12/h3-6,13H,12H2,1-2H3. The molecule has 0 aromatic heterocycles. The van der Waals surface area contributed by atoms with E-state index < -0.39 is 22.0 Å². The monoisotopic (exact) mass is 292 g/mol. The molecule has 0 spiro atoms. The minimum atomic E-state index is -3.93. The Morgan fingerprint density at radius 2 is 2.11 bits per heavy atom. The number of hydrogen-bond donors (Lipinski definition) is 2. The van der Waals surface area contributed by atoms with Crippen molar-refractivity contribution in [2.45, 2.75) is 17.9 Å². The predicted molar refractivity (Wildman–Crippen MR) is 67.7 cm³/mol. The maximum absolute atomic E-state index is 12.0. The Labute approximate surface area is 110 Å². The van der Waals surface area contributed by atoms with Gasteiger partial charge in [-0.2, -0.15) is 4.72 Å². The molecule has 1 aromatic carbocycles. The molecule has 0 radical (unpaired) electrons. The Balaban J connectivity index is 3.07. The molecule has 0 heterocycles. The predicted octanol–water partition coefficient (Wildman–Crippen LogP) is 0.762. The van der Waals surface area contributed by atoms with Crippen LogP contribution in [-0.2, 0) is 19.6 Å². The summed E-state index contributed by atoms with van der Waals surface area (Å²) in [6.07, 6.45) is 0. The smallest absolute Gasteiger partial charge is 0.323 e. The summed E-state index contributed by atoms with van der Waals surface area (Å²) in [5.41, 5.74) is 5.61. The number of ether oxygens (including phenoxy) is 1. The molecule has 6 nitrogen and oxygen atoms in total. The summed E-state index contributed by atoms with van der Waals surface area (Å²) in [7, 11) is -2.76. The minimum Gasteiger partial charge on any atom is -0.468 e. The van der Waals surface area contributed by atoms with Crippen LogP contribution in [0.15, 0.2) is 23.1 Å². The number of nitrogens with two attached hydrogens (primary N) is 1. The Morgan fingerprint density at radius 3 is 2.67 bits per heavy atom. The van der Waals surface area contributed by atoms with E-state index in [2.05, 4.69) is 9.46 Å². The van der Waals surface area contributed by atoms with Crippen LogP contribution in [0.3, 0.4) is 0 Å². The maximum atomic E-state index is 12.0. The molecule has 1 atom stereocenters. The van der Waals surface area contributed by atoms with Crippen molar-refractivity contribution in [2.75, 3.05) is 12.8 Å². The molecule has 100 valence electrons. The van der Waals surface area contributed by atoms with Gasteiger partial charge in [0.05, 0.1) is 12.8 Å². The molecule has 18 heavy (non-hydrogen) atoms. The first-order chi connectivity index (χ1) is 8.27. The highest BCUT2D eigenvalue weighted by Gasteiger charge is 2.24. The van der Waals surface area contributed by atoms with Crippen molar-refractivity contribution >= 4 is 33.3 Å². The fraction of sp³-hybridized carbons (Fsp3) is 0.300. The molecule has 3 N–H and O–H groups in total. The number of halogens is 1. The number of hydrogen-bond acceptors (Lipinski definition) is 5. The number of nitrogen functional groups attached to an aromatic ring is 1. The number of anilines is 1. The van der Waals surface area contributed by atoms with Gasteiger partial charge in [0.25, 0.3) is 0 Å². The lowest BCUT2D eigenvalue weighted by Crippen LogP contribution is -2.39. The van der Waals surface area contributed by atoms with E-state index in [4.69, 9.17) is 17.3 Å². The first-order valence-electron chi connectivity index (χ1n) is 4.93. The van der Waals surface area contributed by atoms with Gasteiger partial charge in [0.15, 0.2) is 0 Å². The molecule has 1 unspecified atom stereocenters. The van der Waals surface area contributed by atoms with E-state index in [1.165, 1.54) is 32.2 Å². The second kappa shape index (κ2) is 5.55. The molecule has 0 aliphatic carbocycles. The summed E-state index contributed by atoms with van der Waals surface area (Å²) < 4.78 is 30.5. The normalized spacial score (nSPS) is 13.1. The largest absolute Gasteiger partial charge is 0.468 e. The third kappa shape index (κ3) is 3.34. The molecular weight excluding hydrogens is 280 g/mol. The molecule has 1 aromatic rings. The van der Waals surface area contributed by atoms with Crippen LogP contribution in [0, 0.1) is 0 Å². The molecule has 8 heteroatoms. The van der Waals surface area contributed by atoms with Gasteiger partial charge < -0.3 is 10.5 Å². The van der Waals surface area contributed by atoms with Crippen LogP contribution < -0.4 is 10.5 Å². The summed E-state index contributed by atoms with van der Waals surface area (Å²) in [6, 6.07) is 3.04. The first kappa shape index (κ1) is 14.7. The summed E-state index contributed by atoms with van der Waals surface area (Å²) in [6.45, 7) is 1.37. The quantitative estimate of drug-likeness (QED) is 0.630. The average molecular weight is 293 g/mol. The number of sulfonamides is 1. The van der Waals surface area contributed by atoms with Gasteiger partial charge in [0.1, 0.15) is 10.9 Å². The van der Waals surface area contributed by atoms with Gasteiger partial charge in [-0.05, 0) is 25.1 Å². The van der Waals surface area contributed by atoms with Crippen molar-refractivity contribution in [3.05, 3.63) is 23.2 Å². The third-order valence-electron chi connectivity index (χ3n) is 2.15. The molecule has 0 saturated carbocycles. The topological polar surface area (TPSA) is 98.5 Å². The highest BCUT2D eigenvalue weighted by molar-refractivity contribution is 7.89. The zero-order valence-electron chi connectivity index (χ0n) is 9.81. The zero-order chi connectivity index (χ0) is 13.9. The Hall–Kier alpha value is -1.31. The van der Waals surface area contributed by atoms with Crippen molar-refractivity contribution in [3.8, 4) is 0 Å². The molecular formula is C10H13ClN2O4S. The lowest BCUT2D eigenvalue weighted by Gasteiger charge is -2.13. The second-order valence-electron chi connectivity index (χ2n) is 3.55. The van der Waals surface area contributed by atoms with Crippen molar-refractivity contribution in [1.82, 2.24) is 4.72 Å². The van der Waals surface area contributed by atoms with E-state index in [-0.39, 0.29) is 15.6 Å². The lowest BCUT2D eigenvalue weighted by atomic mass is 10.3. The van der Waals surface area contributed by atoms with Crippen LogP contribution in [0.4, 0.5) is 5.69 Å². The Morgan fingerprint density at radius 1 is 1.50 bits per heavy atom. The zero-order valence-corrected chi connectivity index (χ0v) is 11.4. The number of esters is 1. The number of methoxy groups -OCH3 is 1. The fourth-order valence-corrected chi connectivity index (χ4v) is 2.85. The highest BCUT2D eigenvalue weighted by atomic mass is 35.5. The van der Waals surface area contributed by atoms with Gasteiger partial charge in [-0.25, -0.2) is 8.42 Å². The number of benzene rings is 1. The molecule has 0 fully saturated rings. The number of carbonyl (C=O) groups is 1. The van der Waals surface area contributed by atoms with Crippen LogP contribution in [0.25, 0.3) is 0 Å². The van der Waals surface area contributed by atoms with Gasteiger partial charge in [0.2, 0.25) is 10.0 Å². The van der Waals surface area contributed by atoms with Crippen LogP contribution in [0.2, 0.25) is 5.02 Å². The molecule has 0 bridgehead atoms. The van der Waals surface area contributed by atoms with E-state index in [0.29, 0.717) is 0 Å². The van der Waals surface area contributed by atoms with Crippen LogP contribution in [0.1, 0.15) is 6.92 Å². The van der Waals surface area contributed by atoms with Crippen LogP contribution >= 0.6 is 11.6 Å². The minimum absolute atomic E-state index is 0.0453. The maximum Gasteiger partial charge on any atom is 0.323 e. The van der Waals surface area contributed by atoms with Crippen LogP contribution in [0.5, 0.6) is 0 Å². The number of nitrogens with one attached hydrogen (secondary N) is 1. The third-order valence-corrected chi connectivity index (χ3v) is 3.98. The summed E-state index contributed by atoms with van der Waals surface area (Å²) in [5.74, 6) is -0.695. The second-order valence-corrected chi connectivity index (χ2v) is 5.67. The first-order valence-corrected chi connectivity index (χ1v) is 6.79. The Bertz CT molecular complexity index is 559. The summed E-state index contributed by atoms with van der Waals surface area (Å²) >= 11 is 5.71. The van der Waals surface area contributed by atoms with Gasteiger partial charge in [-0.15, -0.1) is 0 Å². The van der Waals surface area contributed by atoms with Gasteiger partial charge in [-0.1, -0.05) is 11.6 Å². The molecule has 0 amide bonds. The molecule has 0 aliphatic heterocycles. The van der Waals surface area contributed by atoms with Gasteiger partial charge in [0, 0.05) is 5.02 Å². The Kier molecular flexibility index (Phi) is 4.55. The van der Waals surface area contributed by atoms with Crippen molar-refractivity contribution in [1.29, 1.82) is 0 Å². The van der Waals surface area contributed by atoms with E-state index in [1.807, 2.05) is 0 Å². The number of carbonyl (C=O) groups excluding carboxylic acids is 1. The average Bonchev–Trinajstić information content (AvgIpc) is 2.30. The van der Waals surface area contributed by atoms with Crippen molar-refractivity contribution < 1.29 is 17.9 Å². The molecule has 0 aliphatic rings. The van der Waals surface area contributed by atoms with Gasteiger partial charge >= 0.3 is 5.97 Å². The molecule has 1 rings (SSSR count). The van der Waals surface area contributed by atoms with Crippen molar-refractivity contribution in [2.24, 2.45) is 0 Å². The van der Waals surface area contributed by atoms with E-state index in [1.54, 1.807) is 0 Å². The van der Waals surface area contributed by atoms with E-state index in [9.17, 15) is 13.2 Å². The van der Waals surface area contributed by atoms with Gasteiger partial charge in [-0.3, -0.25) is 4.79 Å². The fourth-order valence-electron chi connectivity index (χ4n) is 1.26. The van der Waals surface area contributed by atoms with Crippen molar-refractivity contribution in [3.63, 3.8) is 0 Å².